The smallest absolute Gasteiger partial charge is 0.162 e. The Kier molecular flexibility index (Phi) is 4.29. The predicted octanol–water partition coefficient (Wildman–Crippen LogP) is 3.46. The van der Waals surface area contributed by atoms with Crippen LogP contribution in [0.15, 0.2) is 12.1 Å². The fraction of sp³-hybridized carbons (Fsp3) is 0.625. The molecule has 2 N–H and O–H groups in total. The Hall–Kier alpha value is -0.970. The molecule has 0 saturated heterocycles. The molecule has 1 atom stereocenters. The summed E-state index contributed by atoms with van der Waals surface area (Å²) in [5, 5.41) is 0.636. The Morgan fingerprint density at radius 1 is 1.24 bits per heavy atom. The van der Waals surface area contributed by atoms with Crippen LogP contribution < -0.4 is 15.2 Å². The number of methoxy groups -OCH3 is 1. The van der Waals surface area contributed by atoms with Gasteiger partial charge in [-0.3, -0.25) is 0 Å². The van der Waals surface area contributed by atoms with E-state index in [1.807, 2.05) is 12.1 Å². The first-order valence-electron chi connectivity index (χ1n) is 7.53. The topological polar surface area (TPSA) is 53.7 Å². The minimum Gasteiger partial charge on any atom is -0.490 e. The molecule has 0 radical (unpaired) electrons. The van der Waals surface area contributed by atoms with Crippen molar-refractivity contribution in [3.05, 3.63) is 22.7 Å². The third kappa shape index (κ3) is 2.98. The van der Waals surface area contributed by atoms with Gasteiger partial charge in [0.1, 0.15) is 0 Å². The van der Waals surface area contributed by atoms with Crippen molar-refractivity contribution in [2.45, 2.75) is 43.7 Å². The summed E-state index contributed by atoms with van der Waals surface area (Å²) in [6.45, 7) is 1.31. The normalized spacial score (nSPS) is 21.3. The first-order valence-corrected chi connectivity index (χ1v) is 7.91. The molecule has 1 aliphatic carbocycles. The second-order valence-electron chi connectivity index (χ2n) is 5.92. The minimum atomic E-state index is -0.157. The van der Waals surface area contributed by atoms with Crippen molar-refractivity contribution in [1.82, 2.24) is 0 Å². The first-order chi connectivity index (χ1) is 10.1. The number of rotatable bonds is 4. The second kappa shape index (κ2) is 6.03. The molecule has 0 bridgehead atoms. The van der Waals surface area contributed by atoms with Crippen LogP contribution in [0.1, 0.15) is 43.7 Å². The van der Waals surface area contributed by atoms with Crippen molar-refractivity contribution >= 4 is 11.6 Å². The molecule has 5 heteroatoms. The summed E-state index contributed by atoms with van der Waals surface area (Å²) in [5.41, 5.74) is 7.21. The van der Waals surface area contributed by atoms with Gasteiger partial charge in [0.05, 0.1) is 18.8 Å². The van der Waals surface area contributed by atoms with E-state index >= 15 is 0 Å². The first kappa shape index (κ1) is 14.9. The lowest BCUT2D eigenvalue weighted by atomic mass is 9.75. The number of nitrogens with two attached hydrogens (primary N) is 1. The van der Waals surface area contributed by atoms with Crippen molar-refractivity contribution in [2.75, 3.05) is 20.3 Å². The van der Waals surface area contributed by atoms with Gasteiger partial charge in [-0.25, -0.2) is 0 Å². The van der Waals surface area contributed by atoms with Crippen LogP contribution in [-0.4, -0.2) is 25.9 Å². The fourth-order valence-electron chi connectivity index (χ4n) is 3.06. The van der Waals surface area contributed by atoms with Crippen molar-refractivity contribution in [3.8, 4) is 11.5 Å². The molecule has 4 nitrogen and oxygen atoms in total. The minimum absolute atomic E-state index is 0.0765. The van der Waals surface area contributed by atoms with E-state index in [1.165, 1.54) is 6.42 Å². The summed E-state index contributed by atoms with van der Waals surface area (Å²) in [4.78, 5) is 0. The van der Waals surface area contributed by atoms with Gasteiger partial charge < -0.3 is 19.9 Å². The Labute approximate surface area is 130 Å². The molecule has 3 rings (SSSR count). The lowest BCUT2D eigenvalue weighted by molar-refractivity contribution is -0.0817. The molecule has 0 aromatic heterocycles. The van der Waals surface area contributed by atoms with E-state index in [4.69, 9.17) is 31.5 Å². The van der Waals surface area contributed by atoms with Crippen LogP contribution in [0.4, 0.5) is 0 Å². The van der Waals surface area contributed by atoms with Crippen LogP contribution in [0.5, 0.6) is 11.5 Å². The van der Waals surface area contributed by atoms with Crippen LogP contribution in [0.2, 0.25) is 5.02 Å². The third-order valence-corrected chi connectivity index (χ3v) is 4.88. The van der Waals surface area contributed by atoms with Gasteiger partial charge in [0, 0.05) is 30.7 Å². The lowest BCUT2D eigenvalue weighted by Gasteiger charge is -2.42. The molecule has 1 aliphatic heterocycles. The summed E-state index contributed by atoms with van der Waals surface area (Å²) >= 11 is 6.39. The van der Waals surface area contributed by atoms with Crippen LogP contribution in [0.25, 0.3) is 0 Å². The molecule has 1 saturated carbocycles. The molecule has 1 aromatic carbocycles. The van der Waals surface area contributed by atoms with E-state index in [9.17, 15) is 0 Å². The summed E-state index contributed by atoms with van der Waals surface area (Å²) < 4.78 is 17.0. The number of halogens is 1. The highest BCUT2D eigenvalue weighted by Crippen LogP contribution is 2.44. The van der Waals surface area contributed by atoms with Crippen molar-refractivity contribution < 1.29 is 14.2 Å². The number of hydrogen-bond donors (Lipinski definition) is 1. The van der Waals surface area contributed by atoms with E-state index in [1.54, 1.807) is 7.11 Å². The summed E-state index contributed by atoms with van der Waals surface area (Å²) in [6, 6.07) is 3.59. The van der Waals surface area contributed by atoms with Gasteiger partial charge in [0.2, 0.25) is 0 Å². The zero-order valence-electron chi connectivity index (χ0n) is 12.4. The maximum atomic E-state index is 6.39. The van der Waals surface area contributed by atoms with Crippen LogP contribution in [-0.2, 0) is 4.74 Å². The van der Waals surface area contributed by atoms with E-state index < -0.39 is 0 Å². The van der Waals surface area contributed by atoms with Gasteiger partial charge in [-0.1, -0.05) is 11.6 Å². The van der Waals surface area contributed by atoms with E-state index in [2.05, 4.69) is 0 Å². The number of hydrogen-bond acceptors (Lipinski definition) is 4. The lowest BCUT2D eigenvalue weighted by Crippen LogP contribution is -2.41. The Morgan fingerprint density at radius 2 is 1.90 bits per heavy atom. The average Bonchev–Trinajstić information content (AvgIpc) is 2.66. The zero-order chi connectivity index (χ0) is 14.9. The number of ether oxygens (including phenoxy) is 3. The molecule has 0 spiro atoms. The Bertz CT molecular complexity index is 511. The third-order valence-electron chi connectivity index (χ3n) is 4.56. The largest absolute Gasteiger partial charge is 0.490 e. The number of benzene rings is 1. The maximum Gasteiger partial charge on any atom is 0.162 e. The van der Waals surface area contributed by atoms with Gasteiger partial charge in [-0.05, 0) is 37.3 Å². The predicted molar refractivity (Wildman–Crippen MR) is 82.2 cm³/mol. The highest BCUT2D eigenvalue weighted by molar-refractivity contribution is 6.31. The average molecular weight is 312 g/mol. The highest BCUT2D eigenvalue weighted by Gasteiger charge is 2.39. The molecule has 2 aliphatic rings. The highest BCUT2D eigenvalue weighted by atomic mass is 35.5. The standard InChI is InChI=1S/C16H22ClNO3/c1-19-16(4-2-5-16)10-13(18)11-8-14-15(9-12(11)17)21-7-3-6-20-14/h8-9,13H,2-7,10,18H2,1H3. The summed E-state index contributed by atoms with van der Waals surface area (Å²) in [7, 11) is 1.77. The molecule has 1 unspecified atom stereocenters. The molecule has 116 valence electrons. The van der Waals surface area contributed by atoms with Gasteiger partial charge >= 0.3 is 0 Å². The molecule has 21 heavy (non-hydrogen) atoms. The molecular weight excluding hydrogens is 290 g/mol. The fourth-order valence-corrected chi connectivity index (χ4v) is 3.35. The molecule has 1 aromatic rings. The zero-order valence-corrected chi connectivity index (χ0v) is 13.1. The number of fused-ring (bicyclic) bond motifs is 1. The van der Waals surface area contributed by atoms with Crippen molar-refractivity contribution in [1.29, 1.82) is 0 Å². The summed E-state index contributed by atoms with van der Waals surface area (Å²) in [6.07, 6.45) is 5.00. The van der Waals surface area contributed by atoms with Crippen LogP contribution in [0.3, 0.4) is 0 Å². The van der Waals surface area contributed by atoms with Crippen LogP contribution in [0, 0.1) is 0 Å². The molecule has 1 fully saturated rings. The van der Waals surface area contributed by atoms with Gasteiger partial charge in [0.15, 0.2) is 11.5 Å². The van der Waals surface area contributed by atoms with Crippen molar-refractivity contribution in [3.63, 3.8) is 0 Å². The van der Waals surface area contributed by atoms with Crippen molar-refractivity contribution in [2.24, 2.45) is 5.73 Å². The van der Waals surface area contributed by atoms with E-state index in [-0.39, 0.29) is 11.6 Å². The summed E-state index contributed by atoms with van der Waals surface area (Å²) in [5.74, 6) is 1.45. The quantitative estimate of drug-likeness (QED) is 0.925. The van der Waals surface area contributed by atoms with E-state index in [0.29, 0.717) is 24.0 Å². The van der Waals surface area contributed by atoms with Gasteiger partial charge in [0.25, 0.3) is 0 Å². The SMILES string of the molecule is COC1(CC(N)c2cc3c(cc2Cl)OCCCO3)CCC1. The monoisotopic (exact) mass is 311 g/mol. The van der Waals surface area contributed by atoms with Gasteiger partial charge in [-0.15, -0.1) is 0 Å². The Morgan fingerprint density at radius 3 is 2.48 bits per heavy atom. The second-order valence-corrected chi connectivity index (χ2v) is 6.33. The molecule has 1 heterocycles. The van der Waals surface area contributed by atoms with Gasteiger partial charge in [-0.2, -0.15) is 0 Å². The van der Waals surface area contributed by atoms with E-state index in [0.717, 1.165) is 37.0 Å². The maximum absolute atomic E-state index is 6.39. The Balaban J connectivity index is 1.82. The molecular formula is C16H22ClNO3. The molecule has 0 amide bonds. The van der Waals surface area contributed by atoms with Crippen LogP contribution >= 0.6 is 11.6 Å².